The van der Waals surface area contributed by atoms with E-state index in [0.29, 0.717) is 5.58 Å². The standard InChI is InChI=1S/C14H7NO3/c16-15(17)10-6-9-5-4-8-2-1-3-11-13(8)14(9)12(7-10)18-11/h1-7H. The molecule has 0 atom stereocenters. The lowest BCUT2D eigenvalue weighted by Gasteiger charge is -1.99. The van der Waals surface area contributed by atoms with Crippen molar-refractivity contribution in [2.75, 3.05) is 0 Å². The normalized spacial score (nSPS) is 11.8. The molecule has 0 fully saturated rings. The minimum atomic E-state index is -0.396. The Morgan fingerprint density at radius 2 is 1.72 bits per heavy atom. The molecule has 0 aliphatic carbocycles. The number of benzene rings is 3. The van der Waals surface area contributed by atoms with E-state index in [9.17, 15) is 10.1 Å². The van der Waals surface area contributed by atoms with Crippen LogP contribution in [0.2, 0.25) is 0 Å². The summed E-state index contributed by atoms with van der Waals surface area (Å²) in [6.45, 7) is 0. The highest BCUT2D eigenvalue weighted by molar-refractivity contribution is 6.22. The molecule has 3 aromatic carbocycles. The van der Waals surface area contributed by atoms with E-state index in [2.05, 4.69) is 0 Å². The first-order chi connectivity index (χ1) is 8.74. The van der Waals surface area contributed by atoms with E-state index in [-0.39, 0.29) is 5.69 Å². The first-order valence-corrected chi connectivity index (χ1v) is 5.56. The van der Waals surface area contributed by atoms with Crippen LogP contribution in [0.5, 0.6) is 0 Å². The highest BCUT2D eigenvalue weighted by Gasteiger charge is 2.16. The fourth-order valence-corrected chi connectivity index (χ4v) is 2.54. The van der Waals surface area contributed by atoms with Crippen molar-refractivity contribution in [2.45, 2.75) is 0 Å². The topological polar surface area (TPSA) is 56.3 Å². The van der Waals surface area contributed by atoms with Gasteiger partial charge in [-0.05, 0) is 16.8 Å². The van der Waals surface area contributed by atoms with E-state index in [0.717, 1.165) is 27.1 Å². The van der Waals surface area contributed by atoms with Gasteiger partial charge in [-0.1, -0.05) is 24.3 Å². The fraction of sp³-hybridized carbons (Fsp3) is 0. The molecule has 0 amide bonds. The Hall–Kier alpha value is -2.62. The van der Waals surface area contributed by atoms with Gasteiger partial charge in [-0.2, -0.15) is 0 Å². The van der Waals surface area contributed by atoms with Gasteiger partial charge in [0.2, 0.25) is 0 Å². The molecule has 4 nitrogen and oxygen atoms in total. The SMILES string of the molecule is O=[N+]([O-])c1cc2ccc3cccc4oc(c1)c2c34. The van der Waals surface area contributed by atoms with Crippen LogP contribution in [0.4, 0.5) is 5.69 Å². The van der Waals surface area contributed by atoms with Crippen LogP contribution in [0.3, 0.4) is 0 Å². The summed E-state index contributed by atoms with van der Waals surface area (Å²) in [5.41, 5.74) is 1.41. The summed E-state index contributed by atoms with van der Waals surface area (Å²) in [7, 11) is 0. The Kier molecular flexibility index (Phi) is 1.56. The molecule has 0 N–H and O–H groups in total. The van der Waals surface area contributed by atoms with Crippen LogP contribution in [0.25, 0.3) is 32.7 Å². The molecule has 86 valence electrons. The van der Waals surface area contributed by atoms with Crippen molar-refractivity contribution in [3.8, 4) is 0 Å². The molecule has 1 heterocycles. The van der Waals surface area contributed by atoms with Gasteiger partial charge in [-0.15, -0.1) is 0 Å². The lowest BCUT2D eigenvalue weighted by Crippen LogP contribution is -1.87. The van der Waals surface area contributed by atoms with Gasteiger partial charge in [0.1, 0.15) is 11.2 Å². The number of nitrogens with zero attached hydrogens (tertiary/aromatic N) is 1. The third kappa shape index (κ3) is 1.04. The quantitative estimate of drug-likeness (QED) is 0.284. The second kappa shape index (κ2) is 2.98. The molecule has 4 aromatic rings. The van der Waals surface area contributed by atoms with Crippen molar-refractivity contribution in [3.05, 3.63) is 52.6 Å². The lowest BCUT2D eigenvalue weighted by molar-refractivity contribution is -0.384. The zero-order chi connectivity index (χ0) is 12.3. The Morgan fingerprint density at radius 1 is 0.944 bits per heavy atom. The van der Waals surface area contributed by atoms with Gasteiger partial charge >= 0.3 is 0 Å². The lowest BCUT2D eigenvalue weighted by atomic mass is 10.0. The van der Waals surface area contributed by atoms with Crippen molar-refractivity contribution in [3.63, 3.8) is 0 Å². The highest BCUT2D eigenvalue weighted by atomic mass is 16.6. The zero-order valence-corrected chi connectivity index (χ0v) is 9.21. The van der Waals surface area contributed by atoms with Crippen molar-refractivity contribution < 1.29 is 9.34 Å². The average Bonchev–Trinajstić information content (AvgIpc) is 2.75. The van der Waals surface area contributed by atoms with Gasteiger partial charge in [0.25, 0.3) is 5.69 Å². The van der Waals surface area contributed by atoms with E-state index >= 15 is 0 Å². The summed E-state index contributed by atoms with van der Waals surface area (Å²) >= 11 is 0. The number of non-ortho nitro benzene ring substituents is 1. The monoisotopic (exact) mass is 237 g/mol. The van der Waals surface area contributed by atoms with Gasteiger partial charge < -0.3 is 4.42 Å². The first kappa shape index (κ1) is 9.41. The molecule has 4 rings (SSSR count). The van der Waals surface area contributed by atoms with Gasteiger partial charge in [0.15, 0.2) is 0 Å². The Bertz CT molecular complexity index is 907. The summed E-state index contributed by atoms with van der Waals surface area (Å²) in [5, 5.41) is 14.8. The molecule has 0 radical (unpaired) electrons. The number of rotatable bonds is 1. The molecule has 18 heavy (non-hydrogen) atoms. The van der Waals surface area contributed by atoms with E-state index in [1.807, 2.05) is 30.3 Å². The van der Waals surface area contributed by atoms with Crippen LogP contribution in [0.1, 0.15) is 0 Å². The molecule has 0 aliphatic heterocycles. The molecule has 0 aliphatic rings. The molecule has 1 aromatic heterocycles. The predicted octanol–water partition coefficient (Wildman–Crippen LogP) is 4.09. The van der Waals surface area contributed by atoms with E-state index in [1.54, 1.807) is 6.07 Å². The van der Waals surface area contributed by atoms with Crippen LogP contribution in [-0.4, -0.2) is 4.92 Å². The zero-order valence-electron chi connectivity index (χ0n) is 9.21. The molecule has 0 spiro atoms. The van der Waals surface area contributed by atoms with Crippen molar-refractivity contribution in [1.29, 1.82) is 0 Å². The van der Waals surface area contributed by atoms with E-state index < -0.39 is 4.92 Å². The van der Waals surface area contributed by atoms with Crippen LogP contribution >= 0.6 is 0 Å². The van der Waals surface area contributed by atoms with Gasteiger partial charge in [0.05, 0.1) is 11.0 Å². The Morgan fingerprint density at radius 3 is 2.56 bits per heavy atom. The average molecular weight is 237 g/mol. The number of hydrogen-bond acceptors (Lipinski definition) is 3. The third-order valence-corrected chi connectivity index (χ3v) is 3.30. The molecular weight excluding hydrogens is 230 g/mol. The molecule has 0 bridgehead atoms. The maximum atomic E-state index is 10.9. The van der Waals surface area contributed by atoms with Gasteiger partial charge in [0, 0.05) is 16.8 Å². The van der Waals surface area contributed by atoms with Crippen molar-refractivity contribution in [1.82, 2.24) is 0 Å². The second-order valence-corrected chi connectivity index (χ2v) is 4.32. The maximum absolute atomic E-state index is 10.9. The van der Waals surface area contributed by atoms with E-state index in [1.165, 1.54) is 6.07 Å². The summed E-state index contributed by atoms with van der Waals surface area (Å²) in [4.78, 5) is 10.5. The van der Waals surface area contributed by atoms with Gasteiger partial charge in [-0.3, -0.25) is 10.1 Å². The summed E-state index contributed by atoms with van der Waals surface area (Å²) in [6.07, 6.45) is 0. The van der Waals surface area contributed by atoms with E-state index in [4.69, 9.17) is 4.42 Å². The number of hydrogen-bond donors (Lipinski definition) is 0. The second-order valence-electron chi connectivity index (χ2n) is 4.32. The van der Waals surface area contributed by atoms with Crippen LogP contribution in [0, 0.1) is 10.1 Å². The maximum Gasteiger partial charge on any atom is 0.273 e. The molecule has 4 heteroatoms. The minimum Gasteiger partial charge on any atom is -0.456 e. The summed E-state index contributed by atoms with van der Waals surface area (Å²) in [6, 6.07) is 12.7. The molecule has 0 saturated heterocycles. The molecule has 0 unspecified atom stereocenters. The predicted molar refractivity (Wildman–Crippen MR) is 69.1 cm³/mol. The molecule has 0 saturated carbocycles. The summed E-state index contributed by atoms with van der Waals surface area (Å²) in [5.74, 6) is 0. The fourth-order valence-electron chi connectivity index (χ4n) is 2.54. The Labute approximate surface area is 101 Å². The smallest absolute Gasteiger partial charge is 0.273 e. The first-order valence-electron chi connectivity index (χ1n) is 5.56. The highest BCUT2D eigenvalue weighted by Crippen LogP contribution is 2.38. The van der Waals surface area contributed by atoms with Crippen LogP contribution in [-0.2, 0) is 0 Å². The number of furan rings is 1. The van der Waals surface area contributed by atoms with Crippen molar-refractivity contribution >= 4 is 38.4 Å². The van der Waals surface area contributed by atoms with Crippen LogP contribution < -0.4 is 0 Å². The third-order valence-electron chi connectivity index (χ3n) is 3.30. The number of nitro benzene ring substituents is 1. The van der Waals surface area contributed by atoms with Crippen molar-refractivity contribution in [2.24, 2.45) is 0 Å². The largest absolute Gasteiger partial charge is 0.456 e. The minimum absolute atomic E-state index is 0.0599. The van der Waals surface area contributed by atoms with Gasteiger partial charge in [-0.25, -0.2) is 0 Å². The molecular formula is C14H7NO3. The Balaban J connectivity index is 2.32. The summed E-state index contributed by atoms with van der Waals surface area (Å²) < 4.78 is 5.70. The van der Waals surface area contributed by atoms with Crippen LogP contribution in [0.15, 0.2) is 46.9 Å². The number of nitro groups is 1.